The standard InChI is InChI=1S/C16H19F3N2/c1-3-7-21-8-6-13(11-21)10-20-15-9-14(16(17,18)19)5-4-12(15)2/h4-6,8-9,11,20H,3,7,10H2,1-2H3. The van der Waals surface area contributed by atoms with E-state index >= 15 is 0 Å². The predicted molar refractivity (Wildman–Crippen MR) is 78.2 cm³/mol. The van der Waals surface area contributed by atoms with Gasteiger partial charge < -0.3 is 9.88 Å². The fourth-order valence-corrected chi connectivity index (χ4v) is 2.18. The van der Waals surface area contributed by atoms with Crippen molar-refractivity contribution in [2.45, 2.75) is 39.5 Å². The molecule has 0 atom stereocenters. The van der Waals surface area contributed by atoms with Crippen molar-refractivity contribution < 1.29 is 13.2 Å². The lowest BCUT2D eigenvalue weighted by atomic mass is 10.1. The van der Waals surface area contributed by atoms with Crippen LogP contribution in [-0.2, 0) is 19.3 Å². The van der Waals surface area contributed by atoms with Crippen molar-refractivity contribution in [3.8, 4) is 0 Å². The molecule has 0 aliphatic carbocycles. The van der Waals surface area contributed by atoms with Gasteiger partial charge in [0.2, 0.25) is 0 Å². The number of rotatable bonds is 5. The Hall–Kier alpha value is -1.91. The SMILES string of the molecule is CCCn1ccc(CNc2cc(C(F)(F)F)ccc2C)c1. The minimum Gasteiger partial charge on any atom is -0.381 e. The van der Waals surface area contributed by atoms with Gasteiger partial charge in [-0.1, -0.05) is 13.0 Å². The number of aromatic nitrogens is 1. The molecule has 0 amide bonds. The average Bonchev–Trinajstić information content (AvgIpc) is 2.84. The average molecular weight is 296 g/mol. The third-order valence-electron chi connectivity index (χ3n) is 3.34. The number of aryl methyl sites for hydroxylation is 2. The first-order valence-corrected chi connectivity index (χ1v) is 6.96. The van der Waals surface area contributed by atoms with Crippen LogP contribution in [-0.4, -0.2) is 4.57 Å². The first-order valence-electron chi connectivity index (χ1n) is 6.96. The van der Waals surface area contributed by atoms with Gasteiger partial charge in [-0.25, -0.2) is 0 Å². The van der Waals surface area contributed by atoms with Gasteiger partial charge in [0.05, 0.1) is 5.56 Å². The van der Waals surface area contributed by atoms with E-state index in [1.165, 1.54) is 12.1 Å². The Bertz CT molecular complexity index is 600. The van der Waals surface area contributed by atoms with Gasteiger partial charge in [0, 0.05) is 31.2 Å². The maximum absolute atomic E-state index is 12.7. The molecule has 0 aliphatic heterocycles. The van der Waals surface area contributed by atoms with Gasteiger partial charge >= 0.3 is 6.18 Å². The largest absolute Gasteiger partial charge is 0.416 e. The second-order valence-corrected chi connectivity index (χ2v) is 5.14. The van der Waals surface area contributed by atoms with Crippen LogP contribution in [0.1, 0.15) is 30.0 Å². The van der Waals surface area contributed by atoms with Crippen molar-refractivity contribution in [1.29, 1.82) is 0 Å². The zero-order chi connectivity index (χ0) is 15.5. The Balaban J connectivity index is 2.08. The minimum atomic E-state index is -4.31. The number of hydrogen-bond acceptors (Lipinski definition) is 1. The molecule has 21 heavy (non-hydrogen) atoms. The molecule has 0 spiro atoms. The van der Waals surface area contributed by atoms with Crippen molar-refractivity contribution >= 4 is 5.69 Å². The molecular formula is C16H19F3N2. The van der Waals surface area contributed by atoms with Crippen LogP contribution in [0.2, 0.25) is 0 Å². The first-order chi connectivity index (χ1) is 9.90. The second-order valence-electron chi connectivity index (χ2n) is 5.14. The Kier molecular flexibility index (Phi) is 4.60. The molecule has 0 unspecified atom stereocenters. The summed E-state index contributed by atoms with van der Waals surface area (Å²) in [5, 5.41) is 3.08. The fourth-order valence-electron chi connectivity index (χ4n) is 2.18. The predicted octanol–water partition coefficient (Wildman–Crippen LogP) is 4.84. The molecule has 0 bridgehead atoms. The molecule has 1 N–H and O–H groups in total. The first kappa shape index (κ1) is 15.5. The van der Waals surface area contributed by atoms with Crippen molar-refractivity contribution in [2.75, 3.05) is 5.32 Å². The Labute approximate surface area is 122 Å². The third-order valence-corrected chi connectivity index (χ3v) is 3.34. The summed E-state index contributed by atoms with van der Waals surface area (Å²) in [4.78, 5) is 0. The monoisotopic (exact) mass is 296 g/mol. The molecule has 2 nitrogen and oxygen atoms in total. The molecule has 1 heterocycles. The topological polar surface area (TPSA) is 17.0 Å². The van der Waals surface area contributed by atoms with Crippen molar-refractivity contribution in [1.82, 2.24) is 4.57 Å². The number of nitrogens with one attached hydrogen (secondary N) is 1. The summed E-state index contributed by atoms with van der Waals surface area (Å²) in [5.74, 6) is 0. The van der Waals surface area contributed by atoms with Gasteiger partial charge in [0.25, 0.3) is 0 Å². The lowest BCUT2D eigenvalue weighted by Gasteiger charge is -2.13. The maximum atomic E-state index is 12.7. The van der Waals surface area contributed by atoms with Crippen LogP contribution in [0, 0.1) is 6.92 Å². The number of halogens is 3. The smallest absolute Gasteiger partial charge is 0.381 e. The zero-order valence-corrected chi connectivity index (χ0v) is 12.2. The van der Waals surface area contributed by atoms with Crippen LogP contribution in [0.5, 0.6) is 0 Å². The molecule has 0 saturated heterocycles. The summed E-state index contributed by atoms with van der Waals surface area (Å²) in [6.45, 7) is 5.36. The van der Waals surface area contributed by atoms with E-state index in [0.717, 1.165) is 30.2 Å². The van der Waals surface area contributed by atoms with E-state index in [2.05, 4.69) is 16.8 Å². The van der Waals surface area contributed by atoms with Crippen molar-refractivity contribution in [3.63, 3.8) is 0 Å². The van der Waals surface area contributed by atoms with E-state index in [0.29, 0.717) is 12.2 Å². The highest BCUT2D eigenvalue weighted by Crippen LogP contribution is 2.32. The van der Waals surface area contributed by atoms with Crippen LogP contribution in [0.25, 0.3) is 0 Å². The number of alkyl halides is 3. The molecule has 114 valence electrons. The summed E-state index contributed by atoms with van der Waals surface area (Å²) in [5.41, 5.74) is 1.75. The van der Waals surface area contributed by atoms with Crippen LogP contribution in [0.15, 0.2) is 36.7 Å². The van der Waals surface area contributed by atoms with E-state index in [-0.39, 0.29) is 0 Å². The summed E-state index contributed by atoms with van der Waals surface area (Å²) in [7, 11) is 0. The Morgan fingerprint density at radius 1 is 1.19 bits per heavy atom. The van der Waals surface area contributed by atoms with E-state index in [4.69, 9.17) is 0 Å². The molecule has 0 fully saturated rings. The van der Waals surface area contributed by atoms with Gasteiger partial charge in [0.1, 0.15) is 0 Å². The molecule has 0 saturated carbocycles. The lowest BCUT2D eigenvalue weighted by molar-refractivity contribution is -0.137. The summed E-state index contributed by atoms with van der Waals surface area (Å²) in [6, 6.07) is 5.75. The zero-order valence-electron chi connectivity index (χ0n) is 12.2. The number of benzene rings is 1. The quantitative estimate of drug-likeness (QED) is 0.835. The third kappa shape index (κ3) is 4.03. The van der Waals surface area contributed by atoms with Crippen LogP contribution < -0.4 is 5.32 Å². The van der Waals surface area contributed by atoms with Gasteiger partial charge in [-0.3, -0.25) is 0 Å². The van der Waals surface area contributed by atoms with Gasteiger partial charge in [-0.15, -0.1) is 0 Å². The molecule has 1 aromatic carbocycles. The summed E-state index contributed by atoms with van der Waals surface area (Å²) < 4.78 is 40.2. The molecule has 1 aromatic heterocycles. The van der Waals surface area contributed by atoms with Crippen molar-refractivity contribution in [2.24, 2.45) is 0 Å². The van der Waals surface area contributed by atoms with Crippen molar-refractivity contribution in [3.05, 3.63) is 53.3 Å². The highest BCUT2D eigenvalue weighted by Gasteiger charge is 2.30. The van der Waals surface area contributed by atoms with Gasteiger partial charge in [-0.05, 0) is 42.7 Å². The van der Waals surface area contributed by atoms with Gasteiger partial charge in [0.15, 0.2) is 0 Å². The van der Waals surface area contributed by atoms with E-state index in [1.807, 2.05) is 18.5 Å². The number of hydrogen-bond donors (Lipinski definition) is 1. The number of nitrogens with zero attached hydrogens (tertiary/aromatic N) is 1. The molecular weight excluding hydrogens is 277 g/mol. The Morgan fingerprint density at radius 2 is 1.95 bits per heavy atom. The maximum Gasteiger partial charge on any atom is 0.416 e. The van der Waals surface area contributed by atoms with Crippen LogP contribution in [0.4, 0.5) is 18.9 Å². The van der Waals surface area contributed by atoms with E-state index < -0.39 is 11.7 Å². The molecule has 0 radical (unpaired) electrons. The van der Waals surface area contributed by atoms with Crippen LogP contribution >= 0.6 is 0 Å². The Morgan fingerprint density at radius 3 is 2.62 bits per heavy atom. The summed E-state index contributed by atoms with van der Waals surface area (Å²) >= 11 is 0. The molecule has 0 aliphatic rings. The second kappa shape index (κ2) is 6.24. The van der Waals surface area contributed by atoms with Gasteiger partial charge in [-0.2, -0.15) is 13.2 Å². The fraction of sp³-hybridized carbons (Fsp3) is 0.375. The minimum absolute atomic E-state index is 0.513. The molecule has 2 rings (SSSR count). The number of anilines is 1. The normalized spacial score (nSPS) is 11.7. The lowest BCUT2D eigenvalue weighted by Crippen LogP contribution is -2.07. The highest BCUT2D eigenvalue weighted by atomic mass is 19.4. The van der Waals surface area contributed by atoms with Crippen LogP contribution in [0.3, 0.4) is 0 Å². The highest BCUT2D eigenvalue weighted by molar-refractivity contribution is 5.53. The van der Waals surface area contributed by atoms with E-state index in [1.54, 1.807) is 6.92 Å². The molecule has 5 heteroatoms. The summed E-state index contributed by atoms with van der Waals surface area (Å²) in [6.07, 6.45) is 0.738. The molecule has 2 aromatic rings. The van der Waals surface area contributed by atoms with E-state index in [9.17, 15) is 13.2 Å².